The average molecular weight is 2110 g/mol. The third-order valence-corrected chi connectivity index (χ3v) is 17.9. The standard InChI is InChI=1S/C8H6N2.C8H7N.C8H6S.C7H6N2.C6H4S2.C5H5N.5C4H4N2.C4H5N.C4H4O.C4H4S.2C3H4N2.2C3H3NO.2C3H3NS.C2H3N3.16CH4/c1-2-4-8-7(3-1)9-5-6-10-8;2*1-2-4-8-7(3-1)5-6-9-8;1-2-4-7-6(3-1)8-5-9-7;1-3-7-6-2-4-8-5(1)6;1-2-4-6-5-3-1;1-2-6-4-3-5-1;3*1-2-5-4-6-3-1;1-2-4-6-5-3-1;3*1-2-4-5-3-1;1-2-5-3-4-1;1-2-4-5-3-1;1-2-5-3-4-1;1-2-4-5-3-1;1-2-5-3-4-1;2*1-2-4-5-3-1;;;;;;;;;;;;;;;;/h1-6H;1-6,9H;1-6H;1-5H,(H,8,9);1-4H;1-5H;5*1-4H;1-5H;2*1-4H;2*1-3H,(H,4,5);4*1-3H;1-2H,(H,3,4,5);16*1H4. The third kappa shape index (κ3) is 87.6. The smallest absolute Gasteiger partial charge is 0.180 e. The minimum absolute atomic E-state index is 0. The van der Waals surface area contributed by atoms with Crippen molar-refractivity contribution in [2.75, 3.05) is 0 Å². The molecular weight excluding hydrogens is 1950 g/mol. The number of pyridine rings is 1. The van der Waals surface area contributed by atoms with E-state index in [9.17, 15) is 0 Å². The Morgan fingerprint density at radius 3 is 1.07 bits per heavy atom. The number of thiophene rings is 4. The van der Waals surface area contributed by atoms with E-state index in [1.807, 2.05) is 180 Å². The molecule has 0 atom stereocenters. The van der Waals surface area contributed by atoms with Crippen LogP contribution in [0.2, 0.25) is 0 Å². The van der Waals surface area contributed by atoms with Crippen molar-refractivity contribution in [1.82, 2.24) is 140 Å². The lowest BCUT2D eigenvalue weighted by molar-refractivity contribution is 0.420. The van der Waals surface area contributed by atoms with Crippen LogP contribution in [0.5, 0.6) is 0 Å². The number of nitrogens with one attached hydrogen (secondary N) is 6. The summed E-state index contributed by atoms with van der Waals surface area (Å²) in [6.07, 6.45) is 64.8. The van der Waals surface area contributed by atoms with E-state index in [1.165, 1.54) is 79.8 Å². The average Bonchev–Trinajstić information content (AvgIpc) is 1.49. The third-order valence-electron chi connectivity index (χ3n) is 13.4. The number of oxazole rings is 1. The topological polar surface area (TPSA) is 418 Å². The maximum absolute atomic E-state index is 4.58. The van der Waals surface area contributed by atoms with Crippen molar-refractivity contribution >= 4 is 121 Å². The van der Waals surface area contributed by atoms with E-state index in [0.29, 0.717) is 0 Å². The van der Waals surface area contributed by atoms with Gasteiger partial charge in [-0.2, -0.15) is 42.0 Å². The number of furan rings is 1. The molecule has 147 heavy (non-hydrogen) atoms. The van der Waals surface area contributed by atoms with Crippen LogP contribution < -0.4 is 0 Å². The molecule has 0 saturated heterocycles. The van der Waals surface area contributed by atoms with Crippen molar-refractivity contribution in [3.8, 4) is 0 Å². The zero-order valence-electron chi connectivity index (χ0n) is 70.0. The highest BCUT2D eigenvalue weighted by Gasteiger charge is 1.93. The van der Waals surface area contributed by atoms with Crippen LogP contribution in [0, 0.1) is 0 Å². The Labute approximate surface area is 896 Å². The van der Waals surface area contributed by atoms with E-state index >= 15 is 0 Å². The summed E-state index contributed by atoms with van der Waals surface area (Å²) in [6, 6.07) is 72.6. The number of hydrogen-bond acceptors (Lipinski definition) is 31. The quantitative estimate of drug-likeness (QED) is 0.0821. The summed E-state index contributed by atoms with van der Waals surface area (Å²) < 4.78 is 21.3. The fraction of sp³-hybridized carbons (Fsp3) is 0.145. The Morgan fingerprint density at radius 1 is 0.245 bits per heavy atom. The Hall–Kier alpha value is -17.1. The van der Waals surface area contributed by atoms with Gasteiger partial charge in [-0.05, 0) is 195 Å². The number of hydrogen-bond donors (Lipinski definition) is 6. The number of rotatable bonds is 0. The van der Waals surface area contributed by atoms with Crippen LogP contribution in [0.15, 0.2) is 524 Å². The SMILES string of the molecule is C.C.C.C.C.C.C.C.C.C.C.C.C.C.C.C.c1c[nH]cn1.c1cc2sccc2s1.c1cc[nH]c1.c1ccc2[nH]ccc2c1.c1ccc2[nH]cnc2c1.c1ccc2nccnc2c1.c1ccc2sccc2c1.c1ccncc1.c1ccnnc1.c1ccoc1.c1ccsc1.c1cn[nH]c1.c1cn[nH]n1.c1cnccn1.c1cncnc1.c1cncnc1.c1cncnc1.c1cnoc1.c1cnsc1.c1cocn1.c1cscn1. The van der Waals surface area contributed by atoms with Crippen molar-refractivity contribution < 1.29 is 13.4 Å². The summed E-state index contributed by atoms with van der Waals surface area (Å²) in [5.41, 5.74) is 7.02. The van der Waals surface area contributed by atoms with Crippen molar-refractivity contribution in [2.45, 2.75) is 119 Å². The Morgan fingerprint density at radius 2 is 0.769 bits per heavy atom. The van der Waals surface area contributed by atoms with Crippen molar-refractivity contribution in [3.63, 3.8) is 0 Å². The highest BCUT2D eigenvalue weighted by molar-refractivity contribution is 7.25. The van der Waals surface area contributed by atoms with E-state index in [0.717, 1.165) is 22.1 Å². The van der Waals surface area contributed by atoms with Gasteiger partial charge in [-0.25, -0.2) is 49.2 Å². The molecule has 0 fully saturated rings. The minimum atomic E-state index is 0. The molecule has 6 N–H and O–H groups in total. The monoisotopic (exact) mass is 2110 g/mol. The second kappa shape index (κ2) is 118. The van der Waals surface area contributed by atoms with Gasteiger partial charge in [0, 0.05) is 185 Å². The number of fused-ring (bicyclic) bond motifs is 5. The molecule has 0 unspecified atom stereocenters. The van der Waals surface area contributed by atoms with E-state index in [4.69, 9.17) is 0 Å². The molecule has 0 aliphatic carbocycles. The van der Waals surface area contributed by atoms with Crippen LogP contribution in [0.1, 0.15) is 119 Å². The van der Waals surface area contributed by atoms with Crippen molar-refractivity contribution in [2.24, 2.45) is 0 Å². The summed E-state index contributed by atoms with van der Waals surface area (Å²) in [6.45, 7) is 0. The second-order valence-electron chi connectivity index (χ2n) is 22.5. The van der Waals surface area contributed by atoms with Gasteiger partial charge >= 0.3 is 0 Å². The van der Waals surface area contributed by atoms with Gasteiger partial charge in [0.05, 0.1) is 77.5 Å². The van der Waals surface area contributed by atoms with E-state index < -0.39 is 0 Å². The lowest BCUT2D eigenvalue weighted by Gasteiger charge is -1.90. The lowest BCUT2D eigenvalue weighted by atomic mass is 10.3. The van der Waals surface area contributed by atoms with Gasteiger partial charge in [0.25, 0.3) is 0 Å². The molecule has 788 valence electrons. The van der Waals surface area contributed by atoms with Crippen molar-refractivity contribution in [1.29, 1.82) is 0 Å². The van der Waals surface area contributed by atoms with Gasteiger partial charge in [0.2, 0.25) is 0 Å². The zero-order chi connectivity index (χ0) is 91.3. The first-order chi connectivity index (χ1) is 65.3. The van der Waals surface area contributed by atoms with E-state index in [-0.39, 0.29) is 119 Å². The zero-order valence-corrected chi connectivity index (χ0v) is 74.9. The van der Waals surface area contributed by atoms with Gasteiger partial charge in [0.15, 0.2) is 6.39 Å². The summed E-state index contributed by atoms with van der Waals surface area (Å²) in [7, 11) is 0. The molecule has 4 aromatic carbocycles. The van der Waals surface area contributed by atoms with Gasteiger partial charge < -0.3 is 33.3 Å². The number of H-pyrrole nitrogens is 6. The summed E-state index contributed by atoms with van der Waals surface area (Å²) in [4.78, 5) is 68.3. The first-order valence-electron chi connectivity index (χ1n) is 38.6. The number of nitrogens with zero attached hydrogens (tertiary/aromatic N) is 22. The first-order valence-corrected chi connectivity index (χ1v) is 44.0. The molecule has 37 heteroatoms. The molecule has 22 aromatic heterocycles. The number of imidazole rings is 2. The predicted octanol–water partition coefficient (Wildman–Crippen LogP) is 33.2. The maximum atomic E-state index is 4.58. The molecule has 26 aromatic rings. The fourth-order valence-electron chi connectivity index (χ4n) is 8.00. The molecule has 0 bridgehead atoms. The second-order valence-corrected chi connectivity index (χ2v) is 27.6. The Kier molecular flexibility index (Phi) is 122. The van der Waals surface area contributed by atoms with Crippen LogP contribution in [0.25, 0.3) is 52.5 Å². The van der Waals surface area contributed by atoms with E-state index in [1.54, 1.807) is 273 Å². The van der Waals surface area contributed by atoms with Crippen LogP contribution in [-0.4, -0.2) is 140 Å². The summed E-state index contributed by atoms with van der Waals surface area (Å²) in [5.74, 6) is 0. The number of benzene rings is 4. The first kappa shape index (κ1) is 153. The van der Waals surface area contributed by atoms with Gasteiger partial charge in [-0.3, -0.25) is 35.0 Å². The molecule has 0 aliphatic rings. The minimum Gasteiger partial charge on any atom is -0.473 e. The maximum Gasteiger partial charge on any atom is 0.180 e. The molecular formula is C110H154N28O3S6. The highest BCUT2D eigenvalue weighted by atomic mass is 32.1. The summed E-state index contributed by atoms with van der Waals surface area (Å²) in [5, 5.41) is 42.9. The summed E-state index contributed by atoms with van der Waals surface area (Å²) >= 11 is 10.2. The number of para-hydroxylation sites is 5. The molecule has 0 spiro atoms. The number of aromatic amines is 6. The largest absolute Gasteiger partial charge is 0.473 e. The van der Waals surface area contributed by atoms with Gasteiger partial charge in [-0.15, -0.1) is 45.3 Å². The van der Waals surface area contributed by atoms with Crippen LogP contribution >= 0.6 is 68.2 Å². The number of aromatic nitrogens is 28. The van der Waals surface area contributed by atoms with Gasteiger partial charge in [-0.1, -0.05) is 203 Å². The lowest BCUT2D eigenvalue weighted by Crippen LogP contribution is -1.78. The van der Waals surface area contributed by atoms with E-state index in [2.05, 4.69) is 230 Å². The molecule has 0 radical (unpaired) electrons. The highest BCUT2D eigenvalue weighted by Crippen LogP contribution is 2.25. The molecule has 0 aliphatic heterocycles. The van der Waals surface area contributed by atoms with Gasteiger partial charge in [0.1, 0.15) is 31.5 Å². The number of thiazole rings is 1. The molecule has 0 saturated carbocycles. The molecule has 26 rings (SSSR count). The van der Waals surface area contributed by atoms with Crippen LogP contribution in [-0.2, 0) is 0 Å². The van der Waals surface area contributed by atoms with Crippen LogP contribution in [0.3, 0.4) is 0 Å². The molecule has 22 heterocycles. The normalized spacial score (nSPS) is 7.81. The fourth-order valence-corrected chi connectivity index (χ4v) is 11.8. The Balaban J connectivity index is -0.000000147. The predicted molar refractivity (Wildman–Crippen MR) is 632 cm³/mol. The molecule has 0 amide bonds. The van der Waals surface area contributed by atoms with Crippen molar-refractivity contribution in [3.05, 3.63) is 510 Å². The van der Waals surface area contributed by atoms with Crippen LogP contribution in [0.4, 0.5) is 0 Å². The Bertz CT molecular complexity index is 4970. The molecule has 31 nitrogen and oxygen atoms in total.